The summed E-state index contributed by atoms with van der Waals surface area (Å²) in [6.45, 7) is 8.35. The molecular weight excluding hydrogens is 329 g/mol. The number of thioether (sulfide) groups is 1. The SMILES string of the molecule is [B]C(C)C(C)(C)c1ccc(N2C(=O)CC(SCCCCC)C2=O)cc1. The third-order valence-corrected chi connectivity index (χ3v) is 6.48. The summed E-state index contributed by atoms with van der Waals surface area (Å²) >= 11 is 1.62. The summed E-state index contributed by atoms with van der Waals surface area (Å²) in [4.78, 5) is 26.3. The van der Waals surface area contributed by atoms with Crippen molar-refractivity contribution in [3.63, 3.8) is 0 Å². The third-order valence-electron chi connectivity index (χ3n) is 5.18. The molecule has 2 atom stereocenters. The highest BCUT2D eigenvalue weighted by molar-refractivity contribution is 8.00. The molecule has 1 saturated heterocycles. The fourth-order valence-electron chi connectivity index (χ4n) is 2.89. The zero-order valence-corrected chi connectivity index (χ0v) is 16.6. The zero-order chi connectivity index (χ0) is 18.6. The second-order valence-electron chi connectivity index (χ2n) is 7.40. The van der Waals surface area contributed by atoms with E-state index in [1.54, 1.807) is 11.8 Å². The molecule has 0 saturated carbocycles. The van der Waals surface area contributed by atoms with E-state index in [2.05, 4.69) is 20.8 Å². The van der Waals surface area contributed by atoms with E-state index in [1.165, 1.54) is 11.3 Å². The molecule has 134 valence electrons. The molecule has 1 aliphatic rings. The minimum absolute atomic E-state index is 0.0114. The maximum absolute atomic E-state index is 12.6. The number of carbonyl (C=O) groups excluding carboxylic acids is 2. The molecule has 0 aromatic heterocycles. The van der Waals surface area contributed by atoms with E-state index in [0.29, 0.717) is 12.1 Å². The van der Waals surface area contributed by atoms with E-state index in [9.17, 15) is 9.59 Å². The summed E-state index contributed by atoms with van der Waals surface area (Å²) in [5, 5.41) is -0.232. The number of amides is 2. The van der Waals surface area contributed by atoms with Crippen molar-refractivity contribution in [3.05, 3.63) is 29.8 Å². The van der Waals surface area contributed by atoms with E-state index in [0.717, 1.165) is 24.2 Å². The van der Waals surface area contributed by atoms with Crippen LogP contribution in [0.15, 0.2) is 24.3 Å². The second kappa shape index (κ2) is 8.44. The number of nitrogens with zero attached hydrogens (tertiary/aromatic N) is 1. The molecule has 0 spiro atoms. The average molecular weight is 357 g/mol. The van der Waals surface area contributed by atoms with E-state index in [-0.39, 0.29) is 28.3 Å². The van der Waals surface area contributed by atoms with Gasteiger partial charge in [-0.3, -0.25) is 9.59 Å². The van der Waals surface area contributed by atoms with Crippen molar-refractivity contribution in [2.24, 2.45) is 0 Å². The molecule has 1 aromatic carbocycles. The first kappa shape index (κ1) is 20.1. The fourth-order valence-corrected chi connectivity index (χ4v) is 4.05. The van der Waals surface area contributed by atoms with Gasteiger partial charge in [-0.2, -0.15) is 0 Å². The smallest absolute Gasteiger partial charge is 0.247 e. The van der Waals surface area contributed by atoms with E-state index in [4.69, 9.17) is 7.85 Å². The van der Waals surface area contributed by atoms with Gasteiger partial charge in [0.25, 0.3) is 0 Å². The molecule has 2 unspecified atom stereocenters. The van der Waals surface area contributed by atoms with Crippen LogP contribution < -0.4 is 4.90 Å². The average Bonchev–Trinajstić information content (AvgIpc) is 2.85. The summed E-state index contributed by atoms with van der Waals surface area (Å²) in [5.41, 5.74) is 1.61. The molecule has 3 nitrogen and oxygen atoms in total. The zero-order valence-electron chi connectivity index (χ0n) is 15.7. The van der Waals surface area contributed by atoms with Crippen LogP contribution in [0.2, 0.25) is 5.82 Å². The van der Waals surface area contributed by atoms with Gasteiger partial charge in [0.1, 0.15) is 0 Å². The largest absolute Gasteiger partial charge is 0.274 e. The van der Waals surface area contributed by atoms with Crippen LogP contribution in [0.25, 0.3) is 0 Å². The standard InChI is InChI=1S/C20H28BNO2S/c1-5-6-7-12-25-17-13-18(23)22(19(17)24)16-10-8-15(9-11-16)20(3,4)14(2)21/h8-11,14,17H,5-7,12-13H2,1-4H3. The number of rotatable bonds is 8. The molecule has 0 N–H and O–H groups in total. The van der Waals surface area contributed by atoms with Gasteiger partial charge in [-0.25, -0.2) is 4.90 Å². The van der Waals surface area contributed by atoms with Crippen LogP contribution in [0.3, 0.4) is 0 Å². The van der Waals surface area contributed by atoms with Crippen LogP contribution in [0.5, 0.6) is 0 Å². The minimum Gasteiger partial charge on any atom is -0.274 e. The number of hydrogen-bond donors (Lipinski definition) is 0. The first-order chi connectivity index (χ1) is 11.8. The lowest BCUT2D eigenvalue weighted by Gasteiger charge is -2.30. The summed E-state index contributed by atoms with van der Waals surface area (Å²) in [5.74, 6) is 0.771. The van der Waals surface area contributed by atoms with Gasteiger partial charge in [0.2, 0.25) is 11.8 Å². The fraction of sp³-hybridized carbons (Fsp3) is 0.600. The highest BCUT2D eigenvalue weighted by atomic mass is 32.2. The van der Waals surface area contributed by atoms with Gasteiger partial charge in [0.05, 0.1) is 18.8 Å². The Labute approximate surface area is 157 Å². The first-order valence-corrected chi connectivity index (χ1v) is 10.2. The first-order valence-electron chi connectivity index (χ1n) is 9.13. The number of imide groups is 1. The van der Waals surface area contributed by atoms with Gasteiger partial charge >= 0.3 is 0 Å². The topological polar surface area (TPSA) is 37.4 Å². The van der Waals surface area contributed by atoms with Crippen molar-refractivity contribution in [2.75, 3.05) is 10.7 Å². The van der Waals surface area contributed by atoms with Crippen LogP contribution in [0.1, 0.15) is 58.9 Å². The Morgan fingerprint density at radius 3 is 2.44 bits per heavy atom. The molecular formula is C20H28BNO2S. The van der Waals surface area contributed by atoms with Gasteiger partial charge in [-0.1, -0.05) is 58.5 Å². The van der Waals surface area contributed by atoms with Crippen LogP contribution in [0, 0.1) is 0 Å². The quantitative estimate of drug-likeness (QED) is 0.391. The lowest BCUT2D eigenvalue weighted by Crippen LogP contribution is -2.31. The van der Waals surface area contributed by atoms with Crippen molar-refractivity contribution in [1.29, 1.82) is 0 Å². The van der Waals surface area contributed by atoms with Gasteiger partial charge in [0, 0.05) is 6.42 Å². The monoisotopic (exact) mass is 357 g/mol. The van der Waals surface area contributed by atoms with Gasteiger partial charge < -0.3 is 0 Å². The van der Waals surface area contributed by atoms with Gasteiger partial charge in [-0.15, -0.1) is 11.8 Å². The van der Waals surface area contributed by atoms with E-state index in [1.807, 2.05) is 31.2 Å². The summed E-state index contributed by atoms with van der Waals surface area (Å²) in [6.07, 6.45) is 3.74. The van der Waals surface area contributed by atoms with E-state index >= 15 is 0 Å². The Balaban J connectivity index is 2.08. The van der Waals surface area contributed by atoms with Crippen molar-refractivity contribution >= 4 is 37.1 Å². The van der Waals surface area contributed by atoms with Crippen LogP contribution in [-0.2, 0) is 15.0 Å². The van der Waals surface area contributed by atoms with Crippen molar-refractivity contribution in [3.8, 4) is 0 Å². The van der Waals surface area contributed by atoms with Gasteiger partial charge in [-0.05, 0) is 35.3 Å². The predicted molar refractivity (Wildman–Crippen MR) is 108 cm³/mol. The Morgan fingerprint density at radius 2 is 1.88 bits per heavy atom. The molecule has 5 heteroatoms. The lowest BCUT2D eigenvalue weighted by molar-refractivity contribution is -0.121. The third kappa shape index (κ3) is 4.49. The van der Waals surface area contributed by atoms with Crippen molar-refractivity contribution < 1.29 is 9.59 Å². The molecule has 0 bridgehead atoms. The number of benzene rings is 1. The maximum Gasteiger partial charge on any atom is 0.247 e. The molecule has 0 aliphatic carbocycles. The second-order valence-corrected chi connectivity index (χ2v) is 8.71. The minimum atomic E-state index is -0.232. The van der Waals surface area contributed by atoms with E-state index < -0.39 is 0 Å². The number of unbranched alkanes of at least 4 members (excludes halogenated alkanes) is 2. The number of hydrogen-bond acceptors (Lipinski definition) is 3. The summed E-state index contributed by atoms with van der Waals surface area (Å²) in [7, 11) is 6.07. The molecule has 2 radical (unpaired) electrons. The molecule has 1 aromatic rings. The molecule has 2 amide bonds. The highest BCUT2D eigenvalue weighted by Gasteiger charge is 2.39. The maximum atomic E-state index is 12.6. The Hall–Kier alpha value is -1.23. The molecule has 1 fully saturated rings. The predicted octanol–water partition coefficient (Wildman–Crippen LogP) is 4.50. The molecule has 25 heavy (non-hydrogen) atoms. The Kier molecular flexibility index (Phi) is 6.78. The van der Waals surface area contributed by atoms with Crippen LogP contribution in [-0.4, -0.2) is 30.7 Å². The summed E-state index contributed by atoms with van der Waals surface area (Å²) < 4.78 is 0. The van der Waals surface area contributed by atoms with Gasteiger partial charge in [0.15, 0.2) is 0 Å². The molecule has 2 rings (SSSR count). The number of anilines is 1. The summed E-state index contributed by atoms with van der Waals surface area (Å²) in [6, 6.07) is 7.67. The number of carbonyl (C=O) groups is 2. The molecule has 1 aliphatic heterocycles. The van der Waals surface area contributed by atoms with Crippen LogP contribution >= 0.6 is 11.8 Å². The Morgan fingerprint density at radius 1 is 1.24 bits per heavy atom. The lowest BCUT2D eigenvalue weighted by atomic mass is 9.65. The van der Waals surface area contributed by atoms with Crippen molar-refractivity contribution in [1.82, 2.24) is 0 Å². The Bertz CT molecular complexity index is 613. The highest BCUT2D eigenvalue weighted by Crippen LogP contribution is 2.36. The van der Waals surface area contributed by atoms with Crippen LogP contribution in [0.4, 0.5) is 5.69 Å². The normalized spacial score (nSPS) is 19.5. The molecule has 1 heterocycles. The van der Waals surface area contributed by atoms with Crippen molar-refractivity contribution in [2.45, 2.75) is 69.9 Å².